The number of aryl methyl sites for hydroxylation is 1. The van der Waals surface area contributed by atoms with Gasteiger partial charge in [0.1, 0.15) is 10.7 Å². The lowest BCUT2D eigenvalue weighted by Gasteiger charge is -2.06. The van der Waals surface area contributed by atoms with Gasteiger partial charge in [0.05, 0.1) is 10.7 Å². The summed E-state index contributed by atoms with van der Waals surface area (Å²) in [5.74, 6) is -0.561. The predicted octanol–water partition coefficient (Wildman–Crippen LogP) is 4.19. The zero-order valence-corrected chi connectivity index (χ0v) is 13.4. The minimum absolute atomic E-state index is 0.149. The number of benzene rings is 2. The first-order valence-corrected chi connectivity index (χ1v) is 8.01. The van der Waals surface area contributed by atoms with Crippen molar-refractivity contribution in [2.75, 3.05) is 0 Å². The molecule has 0 saturated heterocycles. The number of carbonyl (C=O) groups excluding carboxylic acids is 1. The van der Waals surface area contributed by atoms with Gasteiger partial charge >= 0.3 is 0 Å². The third-order valence-electron chi connectivity index (χ3n) is 3.38. The molecule has 0 aliphatic heterocycles. The second kappa shape index (κ2) is 6.71. The highest BCUT2D eigenvalue weighted by atomic mass is 32.1. The molecule has 3 aromatic rings. The Bertz CT molecular complexity index is 830. The quantitative estimate of drug-likeness (QED) is 0.781. The van der Waals surface area contributed by atoms with E-state index in [1.165, 1.54) is 17.4 Å². The van der Waals surface area contributed by atoms with Crippen molar-refractivity contribution in [3.63, 3.8) is 0 Å². The molecule has 0 bridgehead atoms. The van der Waals surface area contributed by atoms with Gasteiger partial charge < -0.3 is 5.32 Å². The molecule has 1 aromatic heterocycles. The van der Waals surface area contributed by atoms with E-state index >= 15 is 0 Å². The van der Waals surface area contributed by atoms with E-state index in [1.54, 1.807) is 18.2 Å². The van der Waals surface area contributed by atoms with Crippen LogP contribution < -0.4 is 5.32 Å². The van der Waals surface area contributed by atoms with Crippen molar-refractivity contribution in [2.24, 2.45) is 0 Å². The van der Waals surface area contributed by atoms with Gasteiger partial charge in [-0.15, -0.1) is 11.3 Å². The maximum Gasteiger partial charge on any atom is 0.263 e. The van der Waals surface area contributed by atoms with E-state index in [1.807, 2.05) is 37.3 Å². The van der Waals surface area contributed by atoms with Gasteiger partial charge in [-0.2, -0.15) is 0 Å². The lowest BCUT2D eigenvalue weighted by Crippen LogP contribution is -2.23. The van der Waals surface area contributed by atoms with E-state index in [9.17, 15) is 9.18 Å². The van der Waals surface area contributed by atoms with Crippen LogP contribution in [0.15, 0.2) is 54.6 Å². The third kappa shape index (κ3) is 3.46. The number of hydrogen-bond donors (Lipinski definition) is 1. The summed E-state index contributed by atoms with van der Waals surface area (Å²) in [5.41, 5.74) is 2.02. The van der Waals surface area contributed by atoms with Gasteiger partial charge in [0, 0.05) is 17.7 Å². The molecule has 0 saturated carbocycles. The Hall–Kier alpha value is -2.53. The van der Waals surface area contributed by atoms with E-state index in [2.05, 4.69) is 10.3 Å². The van der Waals surface area contributed by atoms with Gasteiger partial charge in [0.2, 0.25) is 0 Å². The largest absolute Gasteiger partial charge is 0.347 e. The average Bonchev–Trinajstić information content (AvgIpc) is 2.97. The minimum Gasteiger partial charge on any atom is -0.347 e. The van der Waals surface area contributed by atoms with Crippen LogP contribution >= 0.6 is 11.3 Å². The number of halogens is 1. The predicted molar refractivity (Wildman–Crippen MR) is 89.9 cm³/mol. The normalized spacial score (nSPS) is 10.5. The van der Waals surface area contributed by atoms with Crippen LogP contribution in [-0.2, 0) is 6.54 Å². The summed E-state index contributed by atoms with van der Waals surface area (Å²) in [6, 6.07) is 16.0. The van der Waals surface area contributed by atoms with E-state index in [-0.39, 0.29) is 18.3 Å². The number of aromatic nitrogens is 1. The van der Waals surface area contributed by atoms with Crippen molar-refractivity contribution < 1.29 is 9.18 Å². The van der Waals surface area contributed by atoms with Crippen molar-refractivity contribution in [1.82, 2.24) is 10.3 Å². The minimum atomic E-state index is -0.323. The summed E-state index contributed by atoms with van der Waals surface area (Å²) in [5, 5.41) is 3.59. The van der Waals surface area contributed by atoms with Crippen molar-refractivity contribution in [2.45, 2.75) is 13.5 Å². The van der Waals surface area contributed by atoms with Crippen molar-refractivity contribution in [3.8, 4) is 11.3 Å². The molecule has 1 N–H and O–H groups in total. The van der Waals surface area contributed by atoms with Crippen molar-refractivity contribution in [3.05, 3.63) is 75.9 Å². The second-order valence-electron chi connectivity index (χ2n) is 5.05. The number of rotatable bonds is 4. The summed E-state index contributed by atoms with van der Waals surface area (Å²) in [4.78, 5) is 17.5. The molecule has 0 atom stereocenters. The van der Waals surface area contributed by atoms with Gasteiger partial charge in [-0.05, 0) is 13.0 Å². The molecule has 3 rings (SSSR count). The average molecular weight is 326 g/mol. The number of nitrogens with one attached hydrogen (secondary N) is 1. The number of nitrogens with zero attached hydrogens (tertiary/aromatic N) is 1. The SMILES string of the molecule is Cc1nc(-c2ccccc2)c(C(=O)NCc2ccccc2F)s1. The molecule has 1 amide bonds. The van der Waals surface area contributed by atoms with Crippen LogP contribution in [0.5, 0.6) is 0 Å². The third-order valence-corrected chi connectivity index (χ3v) is 4.35. The van der Waals surface area contributed by atoms with E-state index in [0.29, 0.717) is 16.1 Å². The van der Waals surface area contributed by atoms with Crippen LogP contribution in [0.3, 0.4) is 0 Å². The number of hydrogen-bond acceptors (Lipinski definition) is 3. The Kier molecular flexibility index (Phi) is 4.48. The van der Waals surface area contributed by atoms with Gasteiger partial charge in [-0.25, -0.2) is 9.37 Å². The summed E-state index contributed by atoms with van der Waals surface area (Å²) in [6.45, 7) is 2.02. The zero-order chi connectivity index (χ0) is 16.2. The highest BCUT2D eigenvalue weighted by molar-refractivity contribution is 7.14. The van der Waals surface area contributed by atoms with Crippen LogP contribution in [0.1, 0.15) is 20.2 Å². The Morgan fingerprint density at radius 2 is 1.83 bits per heavy atom. The molecule has 116 valence electrons. The van der Waals surface area contributed by atoms with Crippen LogP contribution in [0, 0.1) is 12.7 Å². The maximum absolute atomic E-state index is 13.6. The monoisotopic (exact) mass is 326 g/mol. The van der Waals surface area contributed by atoms with Crippen LogP contribution in [0.2, 0.25) is 0 Å². The highest BCUT2D eigenvalue weighted by Crippen LogP contribution is 2.27. The van der Waals surface area contributed by atoms with Crippen LogP contribution in [-0.4, -0.2) is 10.9 Å². The summed E-state index contributed by atoms with van der Waals surface area (Å²) >= 11 is 1.34. The molecule has 2 aromatic carbocycles. The van der Waals surface area contributed by atoms with Gasteiger partial charge in [0.25, 0.3) is 5.91 Å². The summed E-state index contributed by atoms with van der Waals surface area (Å²) in [6.07, 6.45) is 0. The molecule has 3 nitrogen and oxygen atoms in total. The second-order valence-corrected chi connectivity index (χ2v) is 6.25. The lowest BCUT2D eigenvalue weighted by atomic mass is 10.1. The first-order chi connectivity index (χ1) is 11.1. The lowest BCUT2D eigenvalue weighted by molar-refractivity contribution is 0.0955. The topological polar surface area (TPSA) is 42.0 Å². The first kappa shape index (κ1) is 15.4. The fourth-order valence-electron chi connectivity index (χ4n) is 2.27. The Labute approximate surface area is 137 Å². The van der Waals surface area contributed by atoms with E-state index in [4.69, 9.17) is 0 Å². The maximum atomic E-state index is 13.6. The fourth-order valence-corrected chi connectivity index (χ4v) is 3.13. The highest BCUT2D eigenvalue weighted by Gasteiger charge is 2.18. The molecule has 0 radical (unpaired) electrons. The molecule has 5 heteroatoms. The van der Waals surface area contributed by atoms with Crippen LogP contribution in [0.25, 0.3) is 11.3 Å². The number of amides is 1. The Balaban J connectivity index is 1.82. The van der Waals surface area contributed by atoms with Gasteiger partial charge in [0.15, 0.2) is 0 Å². The molecule has 0 spiro atoms. The smallest absolute Gasteiger partial charge is 0.263 e. The number of carbonyl (C=O) groups is 1. The zero-order valence-electron chi connectivity index (χ0n) is 12.5. The molecule has 1 heterocycles. The fraction of sp³-hybridized carbons (Fsp3) is 0.111. The summed E-state index contributed by atoms with van der Waals surface area (Å²) in [7, 11) is 0. The van der Waals surface area contributed by atoms with Crippen LogP contribution in [0.4, 0.5) is 4.39 Å². The van der Waals surface area contributed by atoms with E-state index in [0.717, 1.165) is 10.6 Å². The van der Waals surface area contributed by atoms with Gasteiger partial charge in [-0.3, -0.25) is 4.79 Å². The first-order valence-electron chi connectivity index (χ1n) is 7.19. The molecular weight excluding hydrogens is 311 g/mol. The molecular formula is C18H15FN2OS. The van der Waals surface area contributed by atoms with Crippen molar-refractivity contribution >= 4 is 17.2 Å². The molecule has 0 unspecified atom stereocenters. The summed E-state index contributed by atoms with van der Waals surface area (Å²) < 4.78 is 13.6. The molecule has 0 aliphatic carbocycles. The molecule has 0 fully saturated rings. The Morgan fingerprint density at radius 1 is 1.13 bits per heavy atom. The number of thiazole rings is 1. The van der Waals surface area contributed by atoms with Gasteiger partial charge in [-0.1, -0.05) is 48.5 Å². The Morgan fingerprint density at radius 3 is 2.57 bits per heavy atom. The van der Waals surface area contributed by atoms with Crippen molar-refractivity contribution in [1.29, 1.82) is 0 Å². The molecule has 23 heavy (non-hydrogen) atoms. The standard InChI is InChI=1S/C18H15FN2OS/c1-12-21-16(13-7-3-2-4-8-13)17(23-12)18(22)20-11-14-9-5-6-10-15(14)19/h2-10H,11H2,1H3,(H,20,22). The van der Waals surface area contributed by atoms with E-state index < -0.39 is 0 Å². The molecule has 0 aliphatic rings.